The zero-order valence-corrected chi connectivity index (χ0v) is 8.87. The summed E-state index contributed by atoms with van der Waals surface area (Å²) in [6.45, 7) is 5.71. The molecule has 14 heavy (non-hydrogen) atoms. The summed E-state index contributed by atoms with van der Waals surface area (Å²) in [5.41, 5.74) is 1.08. The van der Waals surface area contributed by atoms with Gasteiger partial charge in [-0.2, -0.15) is 0 Å². The maximum atomic E-state index is 14.0. The lowest BCUT2D eigenvalue weighted by atomic mass is 10.1. The predicted octanol–water partition coefficient (Wildman–Crippen LogP) is 3.14. The second-order valence-electron chi connectivity index (χ2n) is 4.34. The molecule has 1 unspecified atom stereocenters. The van der Waals surface area contributed by atoms with Gasteiger partial charge in [-0.15, -0.1) is 0 Å². The van der Waals surface area contributed by atoms with Gasteiger partial charge in [0.2, 0.25) is 0 Å². The first-order valence-electron chi connectivity index (χ1n) is 5.07. The van der Waals surface area contributed by atoms with Crippen LogP contribution in [0.25, 0.3) is 0 Å². The third-order valence-corrected chi connectivity index (χ3v) is 2.89. The van der Waals surface area contributed by atoms with Gasteiger partial charge in [0.1, 0.15) is 0 Å². The Kier molecular flexibility index (Phi) is 2.11. The average Bonchev–Trinajstić information content (AvgIpc) is 2.71. The normalized spacial score (nSPS) is 36.1. The molecule has 3 atom stereocenters. The van der Waals surface area contributed by atoms with Crippen LogP contribution in [0.2, 0.25) is 0 Å². The highest BCUT2D eigenvalue weighted by Crippen LogP contribution is 2.55. The van der Waals surface area contributed by atoms with Gasteiger partial charge in [0.05, 0.1) is 6.04 Å². The molecule has 2 rings (SSSR count). The Labute approximate surface area is 84.5 Å². The molecule has 0 amide bonds. The Morgan fingerprint density at radius 3 is 2.29 bits per heavy atom. The van der Waals surface area contributed by atoms with Crippen molar-refractivity contribution in [1.29, 1.82) is 0 Å². The number of benzene rings is 1. The fraction of sp³-hybridized carbons (Fsp3) is 0.500. The fourth-order valence-corrected chi connectivity index (χ4v) is 2.29. The minimum atomic E-state index is -1.16. The molecule has 1 nitrogen and oxygen atoms in total. The second-order valence-corrected chi connectivity index (χ2v) is 4.34. The summed E-state index contributed by atoms with van der Waals surface area (Å²) < 4.78 is 14.0. The fourth-order valence-electron chi connectivity index (χ4n) is 2.29. The number of hydrogen-bond donors (Lipinski definition) is 0. The summed E-state index contributed by atoms with van der Waals surface area (Å²) in [7, 11) is 0. The number of nitrogens with zero attached hydrogens (tertiary/aromatic N) is 1. The van der Waals surface area contributed by atoms with Crippen LogP contribution in [0, 0.1) is 0 Å². The van der Waals surface area contributed by atoms with E-state index in [0.29, 0.717) is 0 Å². The number of alkyl halides is 1. The van der Waals surface area contributed by atoms with Crippen LogP contribution in [0.4, 0.5) is 4.39 Å². The molecule has 1 saturated heterocycles. The highest BCUT2D eigenvalue weighted by atomic mass is 19.2. The average molecular weight is 193 g/mol. The molecule has 0 spiro atoms. The lowest BCUT2D eigenvalue weighted by molar-refractivity contribution is 0.209. The van der Waals surface area contributed by atoms with Crippen LogP contribution in [0.1, 0.15) is 32.4 Å². The van der Waals surface area contributed by atoms with E-state index in [2.05, 4.69) is 0 Å². The summed E-state index contributed by atoms with van der Waals surface area (Å²) in [5, 5.41) is 0. The van der Waals surface area contributed by atoms with Gasteiger partial charge < -0.3 is 0 Å². The Morgan fingerprint density at radius 2 is 1.86 bits per heavy atom. The van der Waals surface area contributed by atoms with Gasteiger partial charge in [0.25, 0.3) is 0 Å². The highest BCUT2D eigenvalue weighted by Gasteiger charge is 2.62. The van der Waals surface area contributed by atoms with Crippen molar-refractivity contribution in [2.45, 2.75) is 38.6 Å². The predicted molar refractivity (Wildman–Crippen MR) is 55.7 cm³/mol. The van der Waals surface area contributed by atoms with Gasteiger partial charge in [-0.3, -0.25) is 4.90 Å². The van der Waals surface area contributed by atoms with E-state index in [1.54, 1.807) is 6.92 Å². The monoisotopic (exact) mass is 193 g/mol. The van der Waals surface area contributed by atoms with Gasteiger partial charge in [0, 0.05) is 6.04 Å². The van der Waals surface area contributed by atoms with Crippen molar-refractivity contribution in [3.05, 3.63) is 35.9 Å². The summed E-state index contributed by atoms with van der Waals surface area (Å²) in [6.07, 6.45) is 0. The second kappa shape index (κ2) is 3.06. The molecule has 0 bridgehead atoms. The van der Waals surface area contributed by atoms with Gasteiger partial charge in [0.15, 0.2) is 5.79 Å². The van der Waals surface area contributed by atoms with Crippen molar-refractivity contribution in [3.63, 3.8) is 0 Å². The highest BCUT2D eigenvalue weighted by molar-refractivity contribution is 5.29. The van der Waals surface area contributed by atoms with Crippen molar-refractivity contribution < 1.29 is 4.39 Å². The van der Waals surface area contributed by atoms with Crippen molar-refractivity contribution >= 4 is 0 Å². The van der Waals surface area contributed by atoms with Crippen molar-refractivity contribution in [3.8, 4) is 0 Å². The van der Waals surface area contributed by atoms with Crippen molar-refractivity contribution in [2.24, 2.45) is 0 Å². The van der Waals surface area contributed by atoms with Crippen molar-refractivity contribution in [1.82, 2.24) is 4.90 Å². The molecule has 1 aliphatic rings. The molecule has 0 N–H and O–H groups in total. The quantitative estimate of drug-likeness (QED) is 0.515. The molecule has 1 aromatic rings. The maximum absolute atomic E-state index is 14.0. The Balaban J connectivity index is 2.23. The molecule has 1 heterocycles. The molecule has 0 aliphatic carbocycles. The van der Waals surface area contributed by atoms with Gasteiger partial charge >= 0.3 is 0 Å². The number of rotatable bonds is 2. The smallest absolute Gasteiger partial charge is 0.182 e. The van der Waals surface area contributed by atoms with Gasteiger partial charge in [-0.1, -0.05) is 30.3 Å². The van der Waals surface area contributed by atoms with Crippen LogP contribution in [0.15, 0.2) is 30.3 Å². The van der Waals surface area contributed by atoms with Crippen LogP contribution in [0.3, 0.4) is 0 Å². The molecule has 1 fully saturated rings. The first-order valence-corrected chi connectivity index (χ1v) is 5.07. The van der Waals surface area contributed by atoms with Crippen molar-refractivity contribution in [2.75, 3.05) is 0 Å². The zero-order valence-electron chi connectivity index (χ0n) is 8.87. The molecular formula is C12H16FN. The Morgan fingerprint density at radius 1 is 1.29 bits per heavy atom. The molecular weight excluding hydrogens is 177 g/mol. The first kappa shape index (κ1) is 9.66. The molecule has 76 valence electrons. The topological polar surface area (TPSA) is 3.01 Å². The Bertz CT molecular complexity index is 318. The molecule has 2 heteroatoms. The molecule has 0 saturated carbocycles. The lowest BCUT2D eigenvalue weighted by Gasteiger charge is -2.07. The molecule has 0 radical (unpaired) electrons. The standard InChI is InChI=1S/C12H16FN/c1-9(2)14-11(12(14,3)13)10-7-5-4-6-8-10/h4-9,11H,1-3H3/t11-,12-,14?/m1/s1. The van der Waals surface area contributed by atoms with Gasteiger partial charge in [-0.05, 0) is 26.3 Å². The first-order chi connectivity index (χ1) is 6.55. The number of halogens is 1. The maximum Gasteiger partial charge on any atom is 0.182 e. The van der Waals surface area contributed by atoms with E-state index in [1.165, 1.54) is 0 Å². The third-order valence-electron chi connectivity index (χ3n) is 2.89. The minimum Gasteiger partial charge on any atom is -0.256 e. The summed E-state index contributed by atoms with van der Waals surface area (Å²) in [5.74, 6) is -1.16. The minimum absolute atomic E-state index is 0.0521. The summed E-state index contributed by atoms with van der Waals surface area (Å²) in [6, 6.07) is 10.1. The van der Waals surface area contributed by atoms with E-state index in [0.717, 1.165) is 5.56 Å². The summed E-state index contributed by atoms with van der Waals surface area (Å²) >= 11 is 0. The van der Waals surface area contributed by atoms with E-state index in [-0.39, 0.29) is 12.1 Å². The SMILES string of the molecule is CC(C)N1[C@H](c2ccccc2)[C@]1(C)F. The van der Waals surface area contributed by atoms with E-state index in [4.69, 9.17) is 0 Å². The summed E-state index contributed by atoms with van der Waals surface area (Å²) in [4.78, 5) is 1.89. The molecule has 1 aliphatic heterocycles. The Hall–Kier alpha value is -0.890. The number of hydrogen-bond acceptors (Lipinski definition) is 1. The van der Waals surface area contributed by atoms with Crippen LogP contribution in [0.5, 0.6) is 0 Å². The van der Waals surface area contributed by atoms with Crippen LogP contribution >= 0.6 is 0 Å². The van der Waals surface area contributed by atoms with Crippen LogP contribution in [-0.2, 0) is 0 Å². The van der Waals surface area contributed by atoms with E-state index in [9.17, 15) is 4.39 Å². The zero-order chi connectivity index (χ0) is 10.3. The van der Waals surface area contributed by atoms with Gasteiger partial charge in [-0.25, -0.2) is 4.39 Å². The molecule has 0 aromatic heterocycles. The van der Waals surface area contributed by atoms with E-state index in [1.807, 2.05) is 49.1 Å². The lowest BCUT2D eigenvalue weighted by Crippen LogP contribution is -2.15. The van der Waals surface area contributed by atoms with Crippen LogP contribution < -0.4 is 0 Å². The largest absolute Gasteiger partial charge is 0.256 e. The molecule has 1 aromatic carbocycles. The van der Waals surface area contributed by atoms with E-state index < -0.39 is 5.79 Å². The third kappa shape index (κ3) is 1.34. The van der Waals surface area contributed by atoms with E-state index >= 15 is 0 Å². The van der Waals surface area contributed by atoms with Crippen LogP contribution in [-0.4, -0.2) is 16.7 Å².